The molecule has 2 aliphatic rings. The van der Waals surface area contributed by atoms with Crippen LogP contribution < -0.4 is 5.32 Å². The van der Waals surface area contributed by atoms with E-state index in [-0.39, 0.29) is 11.7 Å². The van der Waals surface area contributed by atoms with Crippen LogP contribution in [-0.4, -0.2) is 42.6 Å². The molecule has 108 valence electrons. The molecule has 2 rings (SSSR count). The Bertz CT molecular complexity index is 314. The van der Waals surface area contributed by atoms with Crippen molar-refractivity contribution in [2.45, 2.75) is 45.6 Å². The summed E-state index contributed by atoms with van der Waals surface area (Å²) in [5.41, 5.74) is -0.367. The fourth-order valence-electron chi connectivity index (χ4n) is 1.73. The smallest absolute Gasteiger partial charge is 0.410 e. The third kappa shape index (κ3) is 7.49. The largest absolute Gasteiger partial charge is 0.444 e. The third-order valence-electron chi connectivity index (χ3n) is 2.60. The van der Waals surface area contributed by atoms with Crippen LogP contribution >= 0.6 is 0 Å². The summed E-state index contributed by atoms with van der Waals surface area (Å²) >= 11 is 0. The number of nitrogens with zero attached hydrogens (tertiary/aromatic N) is 2. The molecule has 0 atom stereocenters. The van der Waals surface area contributed by atoms with E-state index in [1.165, 1.54) is 6.42 Å². The lowest BCUT2D eigenvalue weighted by Gasteiger charge is -2.29. The molecule has 2 heterocycles. The van der Waals surface area contributed by atoms with E-state index >= 15 is 0 Å². The fraction of sp³-hybridized carbons (Fsp3) is 0.714. The van der Waals surface area contributed by atoms with Crippen LogP contribution in [0.2, 0.25) is 0 Å². The summed E-state index contributed by atoms with van der Waals surface area (Å²) in [5, 5.41) is 2.91. The molecule has 0 saturated carbocycles. The Kier molecular flexibility index (Phi) is 6.39. The third-order valence-corrected chi connectivity index (χ3v) is 2.60. The van der Waals surface area contributed by atoms with Crippen molar-refractivity contribution in [2.24, 2.45) is 4.99 Å². The van der Waals surface area contributed by atoms with Gasteiger partial charge < -0.3 is 15.0 Å². The highest BCUT2D eigenvalue weighted by Gasteiger charge is 2.22. The van der Waals surface area contributed by atoms with E-state index in [2.05, 4.69) is 10.3 Å². The normalized spacial score (nSPS) is 18.2. The molecule has 1 amide bonds. The van der Waals surface area contributed by atoms with Crippen molar-refractivity contribution in [3.05, 3.63) is 12.3 Å². The lowest BCUT2D eigenvalue weighted by molar-refractivity contribution is 0.0216. The quantitative estimate of drug-likeness (QED) is 0.734. The maximum Gasteiger partial charge on any atom is 0.410 e. The summed E-state index contributed by atoms with van der Waals surface area (Å²) in [7, 11) is 0. The lowest BCUT2D eigenvalue weighted by Crippen LogP contribution is -2.39. The van der Waals surface area contributed by atoms with Crippen molar-refractivity contribution in [1.29, 1.82) is 0 Å². The summed E-state index contributed by atoms with van der Waals surface area (Å²) in [6.07, 6.45) is 8.80. The second-order valence-electron chi connectivity index (χ2n) is 5.58. The number of amides is 1. The monoisotopic (exact) mass is 267 g/mol. The van der Waals surface area contributed by atoms with E-state index in [9.17, 15) is 4.79 Å². The first-order chi connectivity index (χ1) is 8.99. The number of carbonyl (C=O) groups excluding carboxylic acids is 1. The number of allylic oxidation sites excluding steroid dienone is 1. The summed E-state index contributed by atoms with van der Waals surface area (Å²) < 4.78 is 5.26. The average Bonchev–Trinajstić information content (AvgIpc) is 2.40. The Hall–Kier alpha value is -1.52. The predicted molar refractivity (Wildman–Crippen MR) is 77.3 cm³/mol. The number of aliphatic imine (C=N–C) groups is 1. The van der Waals surface area contributed by atoms with Crippen molar-refractivity contribution >= 4 is 12.3 Å². The standard InChI is InChI=1S/C10H19NO2.C4H6N2/c1-10(2,3)13-9(12)11-7-5-4-6-8-11;1-2-5-4-6-3-1/h4-8H2,1-3H3;1-3,5H,4H2. The highest BCUT2D eigenvalue weighted by Crippen LogP contribution is 2.14. The Morgan fingerprint density at radius 1 is 1.26 bits per heavy atom. The Morgan fingerprint density at radius 3 is 2.32 bits per heavy atom. The maximum absolute atomic E-state index is 11.5. The van der Waals surface area contributed by atoms with Gasteiger partial charge in [0.05, 0.1) is 0 Å². The number of nitrogens with one attached hydrogen (secondary N) is 1. The van der Waals surface area contributed by atoms with E-state index in [0.29, 0.717) is 0 Å². The van der Waals surface area contributed by atoms with Crippen LogP contribution in [0.3, 0.4) is 0 Å². The van der Waals surface area contributed by atoms with Gasteiger partial charge in [0.25, 0.3) is 0 Å². The number of hydrogen-bond donors (Lipinski definition) is 1. The van der Waals surface area contributed by atoms with Crippen LogP contribution in [0.25, 0.3) is 0 Å². The molecule has 5 heteroatoms. The van der Waals surface area contributed by atoms with Gasteiger partial charge in [0.1, 0.15) is 12.3 Å². The summed E-state index contributed by atoms with van der Waals surface area (Å²) in [6, 6.07) is 0. The topological polar surface area (TPSA) is 53.9 Å². The van der Waals surface area contributed by atoms with Crippen molar-refractivity contribution in [1.82, 2.24) is 10.2 Å². The van der Waals surface area contributed by atoms with Gasteiger partial charge in [-0.3, -0.25) is 4.99 Å². The van der Waals surface area contributed by atoms with Gasteiger partial charge in [0.2, 0.25) is 0 Å². The van der Waals surface area contributed by atoms with Gasteiger partial charge in [-0.25, -0.2) is 4.79 Å². The lowest BCUT2D eigenvalue weighted by atomic mass is 10.1. The highest BCUT2D eigenvalue weighted by atomic mass is 16.6. The van der Waals surface area contributed by atoms with Gasteiger partial charge in [-0.15, -0.1) is 0 Å². The van der Waals surface area contributed by atoms with E-state index in [4.69, 9.17) is 4.74 Å². The molecule has 2 aliphatic heterocycles. The van der Waals surface area contributed by atoms with Crippen molar-refractivity contribution in [3.8, 4) is 0 Å². The molecule has 5 nitrogen and oxygen atoms in total. The molecule has 1 N–H and O–H groups in total. The van der Waals surface area contributed by atoms with Gasteiger partial charge in [-0.05, 0) is 52.3 Å². The first kappa shape index (κ1) is 15.5. The van der Waals surface area contributed by atoms with Gasteiger partial charge in [-0.1, -0.05) is 0 Å². The zero-order valence-corrected chi connectivity index (χ0v) is 12.2. The van der Waals surface area contributed by atoms with Crippen LogP contribution in [0, 0.1) is 0 Å². The first-order valence-electron chi connectivity index (χ1n) is 6.85. The minimum atomic E-state index is -0.367. The van der Waals surface area contributed by atoms with Crippen LogP contribution in [0.4, 0.5) is 4.79 Å². The minimum Gasteiger partial charge on any atom is -0.444 e. The van der Waals surface area contributed by atoms with Crippen LogP contribution in [0.15, 0.2) is 17.3 Å². The molecular formula is C14H25N3O2. The number of ether oxygens (including phenoxy) is 1. The number of carbonyl (C=O) groups is 1. The van der Waals surface area contributed by atoms with Crippen LogP contribution in [-0.2, 0) is 4.74 Å². The maximum atomic E-state index is 11.5. The number of rotatable bonds is 0. The van der Waals surface area contributed by atoms with Gasteiger partial charge in [0, 0.05) is 19.3 Å². The van der Waals surface area contributed by atoms with E-state index < -0.39 is 0 Å². The van der Waals surface area contributed by atoms with Gasteiger partial charge in [0.15, 0.2) is 0 Å². The van der Waals surface area contributed by atoms with E-state index in [0.717, 1.165) is 32.6 Å². The van der Waals surface area contributed by atoms with Crippen molar-refractivity contribution in [2.75, 3.05) is 19.8 Å². The average molecular weight is 267 g/mol. The Balaban J connectivity index is 0.000000250. The van der Waals surface area contributed by atoms with E-state index in [1.807, 2.05) is 33.0 Å². The number of hydrogen-bond acceptors (Lipinski definition) is 4. The van der Waals surface area contributed by atoms with Crippen molar-refractivity contribution < 1.29 is 9.53 Å². The molecule has 19 heavy (non-hydrogen) atoms. The number of likely N-dealkylation sites (tertiary alicyclic amines) is 1. The molecule has 0 aromatic rings. The summed E-state index contributed by atoms with van der Waals surface area (Å²) in [5.74, 6) is 0. The second kappa shape index (κ2) is 7.81. The van der Waals surface area contributed by atoms with Gasteiger partial charge >= 0.3 is 6.09 Å². The van der Waals surface area contributed by atoms with Gasteiger partial charge in [-0.2, -0.15) is 0 Å². The second-order valence-corrected chi connectivity index (χ2v) is 5.58. The zero-order chi connectivity index (χ0) is 14.1. The molecule has 0 aromatic carbocycles. The first-order valence-corrected chi connectivity index (χ1v) is 6.85. The predicted octanol–water partition coefficient (Wildman–Crippen LogP) is 2.54. The molecule has 0 aromatic heterocycles. The molecule has 1 saturated heterocycles. The Morgan fingerprint density at radius 2 is 1.95 bits per heavy atom. The molecule has 0 bridgehead atoms. The fourth-order valence-corrected chi connectivity index (χ4v) is 1.73. The molecule has 0 spiro atoms. The molecule has 0 radical (unpaired) electrons. The summed E-state index contributed by atoms with van der Waals surface area (Å²) in [4.78, 5) is 17.2. The van der Waals surface area contributed by atoms with Crippen LogP contribution in [0.5, 0.6) is 0 Å². The molecule has 0 aliphatic carbocycles. The number of piperidine rings is 1. The van der Waals surface area contributed by atoms with Crippen LogP contribution in [0.1, 0.15) is 40.0 Å². The SMILES string of the molecule is C1=CNCN=C1.CC(C)(C)OC(=O)N1CCCCC1. The Labute approximate surface area is 115 Å². The molecular weight excluding hydrogens is 242 g/mol. The highest BCUT2D eigenvalue weighted by molar-refractivity contribution is 5.71. The van der Waals surface area contributed by atoms with E-state index in [1.54, 1.807) is 11.1 Å². The minimum absolute atomic E-state index is 0.160. The molecule has 1 fully saturated rings. The van der Waals surface area contributed by atoms with Crippen molar-refractivity contribution in [3.63, 3.8) is 0 Å². The zero-order valence-electron chi connectivity index (χ0n) is 12.2. The summed E-state index contributed by atoms with van der Waals surface area (Å²) in [6.45, 7) is 8.14. The molecule has 0 unspecified atom stereocenters.